The van der Waals surface area contributed by atoms with Crippen LogP contribution in [0.2, 0.25) is 0 Å². The lowest BCUT2D eigenvalue weighted by atomic mass is 10.1. The number of halogens is 1. The maximum atomic E-state index is 13.1. The highest BCUT2D eigenvalue weighted by Crippen LogP contribution is 2.30. The Morgan fingerprint density at radius 2 is 1.58 bits per heavy atom. The van der Waals surface area contributed by atoms with Gasteiger partial charge in [-0.05, 0) is 80.4 Å². The Bertz CT molecular complexity index is 1430. The zero-order valence-electron chi connectivity index (χ0n) is 21.1. The summed E-state index contributed by atoms with van der Waals surface area (Å²) in [6.45, 7) is 5.53. The first kappa shape index (κ1) is 26.6. The van der Waals surface area contributed by atoms with Crippen molar-refractivity contribution in [2.24, 2.45) is 0 Å². The van der Waals surface area contributed by atoms with Crippen LogP contribution in [0.15, 0.2) is 83.5 Å². The monoisotopic (exact) mass is 531 g/mol. The number of benzene rings is 3. The minimum absolute atomic E-state index is 0.118. The van der Waals surface area contributed by atoms with Crippen molar-refractivity contribution in [2.45, 2.75) is 33.3 Å². The van der Waals surface area contributed by atoms with Gasteiger partial charge in [-0.1, -0.05) is 36.7 Å². The van der Waals surface area contributed by atoms with Crippen LogP contribution >= 0.6 is 11.6 Å². The van der Waals surface area contributed by atoms with Gasteiger partial charge in [-0.3, -0.25) is 14.4 Å². The van der Waals surface area contributed by atoms with Gasteiger partial charge in [-0.15, -0.1) is 0 Å². The molecule has 0 saturated heterocycles. The molecule has 3 aromatic carbocycles. The average Bonchev–Trinajstić information content (AvgIpc) is 3.12. The van der Waals surface area contributed by atoms with Crippen LogP contribution in [0.1, 0.15) is 47.1 Å². The maximum Gasteiger partial charge on any atom is 0.338 e. The maximum absolute atomic E-state index is 13.1. The molecule has 0 atom stereocenters. The van der Waals surface area contributed by atoms with Gasteiger partial charge in [0.2, 0.25) is 0 Å². The van der Waals surface area contributed by atoms with Crippen LogP contribution in [-0.2, 0) is 20.7 Å². The van der Waals surface area contributed by atoms with Crippen LogP contribution in [0.3, 0.4) is 0 Å². The summed E-state index contributed by atoms with van der Waals surface area (Å²) < 4.78 is 5.16. The largest absolute Gasteiger partial charge is 0.459 e. The van der Waals surface area contributed by atoms with Crippen molar-refractivity contribution in [2.75, 3.05) is 15.5 Å². The summed E-state index contributed by atoms with van der Waals surface area (Å²) >= 11 is 6.24. The summed E-state index contributed by atoms with van der Waals surface area (Å²) in [7, 11) is 0. The Hall–Kier alpha value is -4.43. The summed E-state index contributed by atoms with van der Waals surface area (Å²) in [5.41, 5.74) is 2.99. The highest BCUT2D eigenvalue weighted by atomic mass is 35.5. The molecule has 1 aliphatic rings. The summed E-state index contributed by atoms with van der Waals surface area (Å²) in [5, 5.41) is 5.43. The molecule has 9 heteroatoms. The van der Waals surface area contributed by atoms with Gasteiger partial charge in [0, 0.05) is 16.9 Å². The number of hydrogen-bond acceptors (Lipinski definition) is 6. The van der Waals surface area contributed by atoms with Crippen molar-refractivity contribution in [3.63, 3.8) is 0 Å². The predicted molar refractivity (Wildman–Crippen MR) is 146 cm³/mol. The summed E-state index contributed by atoms with van der Waals surface area (Å²) in [6, 6.07) is 19.9. The van der Waals surface area contributed by atoms with E-state index in [0.29, 0.717) is 16.9 Å². The Morgan fingerprint density at radius 1 is 0.895 bits per heavy atom. The molecule has 38 heavy (non-hydrogen) atoms. The second kappa shape index (κ2) is 11.3. The molecule has 0 aliphatic carbocycles. The number of nitrogens with one attached hydrogen (secondary N) is 2. The number of ether oxygens (including phenoxy) is 1. The number of amides is 3. The number of carbonyl (C=O) groups is 4. The van der Waals surface area contributed by atoms with E-state index >= 15 is 0 Å². The van der Waals surface area contributed by atoms with Crippen molar-refractivity contribution < 1.29 is 23.9 Å². The zero-order valence-corrected chi connectivity index (χ0v) is 21.8. The van der Waals surface area contributed by atoms with E-state index in [1.807, 2.05) is 24.3 Å². The van der Waals surface area contributed by atoms with E-state index in [9.17, 15) is 19.2 Å². The summed E-state index contributed by atoms with van der Waals surface area (Å²) in [6.07, 6.45) is 0.620. The van der Waals surface area contributed by atoms with Crippen LogP contribution in [0.25, 0.3) is 0 Å². The summed E-state index contributed by atoms with van der Waals surface area (Å²) in [4.78, 5) is 51.7. The molecule has 3 amide bonds. The molecule has 4 rings (SSSR count). The van der Waals surface area contributed by atoms with Gasteiger partial charge >= 0.3 is 5.97 Å². The van der Waals surface area contributed by atoms with Crippen LogP contribution in [0.5, 0.6) is 0 Å². The molecule has 8 nitrogen and oxygen atoms in total. The second-order valence-corrected chi connectivity index (χ2v) is 9.22. The molecule has 2 N–H and O–H groups in total. The molecule has 0 unspecified atom stereocenters. The molecule has 0 aromatic heterocycles. The molecule has 0 radical (unpaired) electrons. The van der Waals surface area contributed by atoms with Gasteiger partial charge < -0.3 is 15.4 Å². The minimum Gasteiger partial charge on any atom is -0.459 e. The number of esters is 1. The molecule has 0 fully saturated rings. The lowest BCUT2D eigenvalue weighted by Gasteiger charge is -2.16. The van der Waals surface area contributed by atoms with Crippen LogP contribution in [0, 0.1) is 0 Å². The number of carbonyl (C=O) groups excluding carboxylic acids is 4. The first-order valence-corrected chi connectivity index (χ1v) is 12.4. The van der Waals surface area contributed by atoms with E-state index in [1.54, 1.807) is 38.1 Å². The third-order valence-corrected chi connectivity index (χ3v) is 6.10. The Morgan fingerprint density at radius 3 is 2.21 bits per heavy atom. The lowest BCUT2D eigenvalue weighted by Crippen LogP contribution is -2.32. The first-order chi connectivity index (χ1) is 18.2. The van der Waals surface area contributed by atoms with E-state index in [1.165, 1.54) is 24.3 Å². The van der Waals surface area contributed by atoms with Gasteiger partial charge in [-0.25, -0.2) is 9.69 Å². The number of hydrogen-bond donors (Lipinski definition) is 2. The zero-order chi connectivity index (χ0) is 27.4. The fourth-order valence-electron chi connectivity index (χ4n) is 3.78. The molecular weight excluding hydrogens is 506 g/mol. The fourth-order valence-corrected chi connectivity index (χ4v) is 4.00. The van der Waals surface area contributed by atoms with Crippen molar-refractivity contribution in [3.05, 3.63) is 100 Å². The van der Waals surface area contributed by atoms with Gasteiger partial charge in [-0.2, -0.15) is 0 Å². The van der Waals surface area contributed by atoms with E-state index in [-0.39, 0.29) is 34.0 Å². The molecule has 1 aliphatic heterocycles. The summed E-state index contributed by atoms with van der Waals surface area (Å²) in [5.74, 6) is -2.21. The Kier molecular flexibility index (Phi) is 7.93. The number of anilines is 3. The number of nitrogens with zero attached hydrogens (tertiary/aromatic N) is 1. The van der Waals surface area contributed by atoms with Crippen LogP contribution < -0.4 is 15.5 Å². The average molecular weight is 532 g/mol. The smallest absolute Gasteiger partial charge is 0.338 e. The minimum atomic E-state index is -0.707. The van der Waals surface area contributed by atoms with E-state index < -0.39 is 17.8 Å². The number of imide groups is 1. The third-order valence-electron chi connectivity index (χ3n) is 5.75. The Labute approximate surface area is 225 Å². The molecule has 0 saturated carbocycles. The van der Waals surface area contributed by atoms with Crippen LogP contribution in [0.4, 0.5) is 17.1 Å². The second-order valence-electron chi connectivity index (χ2n) is 8.85. The first-order valence-electron chi connectivity index (χ1n) is 12.0. The van der Waals surface area contributed by atoms with Gasteiger partial charge in [0.15, 0.2) is 0 Å². The van der Waals surface area contributed by atoms with Gasteiger partial charge in [0.05, 0.1) is 17.4 Å². The topological polar surface area (TPSA) is 105 Å². The standard InChI is InChI=1S/C29H26ClN3O5/c1-4-18-8-12-21(13-9-18)32-26(34)20-6-5-7-22(16-20)31-25-24(30)27(35)33(28(25)36)23-14-10-19(11-15-23)29(37)38-17(2)3/h5-17,31H,4H2,1-3H3,(H,32,34). The van der Waals surface area contributed by atoms with Gasteiger partial charge in [0.1, 0.15) is 10.7 Å². The van der Waals surface area contributed by atoms with Crippen molar-refractivity contribution in [3.8, 4) is 0 Å². The highest BCUT2D eigenvalue weighted by molar-refractivity contribution is 6.53. The number of aryl methyl sites for hydroxylation is 1. The quantitative estimate of drug-likeness (QED) is 0.294. The van der Waals surface area contributed by atoms with Crippen LogP contribution in [-0.4, -0.2) is 29.8 Å². The Balaban J connectivity index is 1.48. The van der Waals surface area contributed by atoms with E-state index in [4.69, 9.17) is 16.3 Å². The molecule has 3 aromatic rings. The van der Waals surface area contributed by atoms with Crippen molar-refractivity contribution in [1.29, 1.82) is 0 Å². The van der Waals surface area contributed by atoms with Crippen molar-refractivity contribution in [1.82, 2.24) is 0 Å². The SMILES string of the molecule is CCc1ccc(NC(=O)c2cccc(NC3=C(Cl)C(=O)N(c4ccc(C(=O)OC(C)C)cc4)C3=O)c2)cc1. The number of rotatable bonds is 8. The van der Waals surface area contributed by atoms with Gasteiger partial charge in [0.25, 0.3) is 17.7 Å². The molecule has 1 heterocycles. The molecule has 0 bridgehead atoms. The van der Waals surface area contributed by atoms with E-state index in [0.717, 1.165) is 16.9 Å². The molecular formula is C29H26ClN3O5. The van der Waals surface area contributed by atoms with Crippen molar-refractivity contribution >= 4 is 52.4 Å². The molecule has 0 spiro atoms. The van der Waals surface area contributed by atoms with E-state index in [2.05, 4.69) is 17.6 Å². The third kappa shape index (κ3) is 5.76. The normalized spacial score (nSPS) is 13.2. The molecule has 194 valence electrons. The predicted octanol–water partition coefficient (Wildman–Crippen LogP) is 5.50. The fraction of sp³-hybridized carbons (Fsp3) is 0.172. The lowest BCUT2D eigenvalue weighted by molar-refractivity contribution is -0.120. The highest BCUT2D eigenvalue weighted by Gasteiger charge is 2.39.